The molecule has 5 heteroatoms. The SMILES string of the molecule is Nc1nnc(C(Cc2ccccc2)c2ccccc2)c(N)n1. The normalized spacial score (nSPS) is 12.0. The van der Waals surface area contributed by atoms with Gasteiger partial charge < -0.3 is 11.5 Å². The Morgan fingerprint density at radius 3 is 2.09 bits per heavy atom. The number of hydrogen-bond acceptors (Lipinski definition) is 5. The van der Waals surface area contributed by atoms with Crippen molar-refractivity contribution in [3.05, 3.63) is 77.5 Å². The summed E-state index contributed by atoms with van der Waals surface area (Å²) in [6.45, 7) is 0. The molecule has 3 aromatic rings. The molecular formula is C17H17N5. The minimum atomic E-state index is -0.0100. The summed E-state index contributed by atoms with van der Waals surface area (Å²) in [6.07, 6.45) is 0.773. The fraction of sp³-hybridized carbons (Fsp3) is 0.118. The largest absolute Gasteiger partial charge is 0.382 e. The van der Waals surface area contributed by atoms with E-state index in [1.54, 1.807) is 0 Å². The van der Waals surface area contributed by atoms with E-state index in [1.807, 2.05) is 36.4 Å². The van der Waals surface area contributed by atoms with Gasteiger partial charge >= 0.3 is 0 Å². The molecule has 0 aliphatic rings. The quantitative estimate of drug-likeness (QED) is 0.770. The monoisotopic (exact) mass is 291 g/mol. The van der Waals surface area contributed by atoms with Crippen molar-refractivity contribution in [2.24, 2.45) is 0 Å². The first-order valence-corrected chi connectivity index (χ1v) is 7.08. The molecule has 0 saturated heterocycles. The predicted octanol–water partition coefficient (Wildman–Crippen LogP) is 2.41. The fourth-order valence-corrected chi connectivity index (χ4v) is 2.52. The minimum Gasteiger partial charge on any atom is -0.382 e. The number of anilines is 2. The van der Waals surface area contributed by atoms with Crippen LogP contribution in [0.5, 0.6) is 0 Å². The number of nitrogen functional groups attached to an aromatic ring is 2. The number of nitrogens with two attached hydrogens (primary N) is 2. The molecule has 0 bridgehead atoms. The lowest BCUT2D eigenvalue weighted by Crippen LogP contribution is -2.14. The Bertz CT molecular complexity index is 744. The van der Waals surface area contributed by atoms with Gasteiger partial charge in [-0.3, -0.25) is 0 Å². The van der Waals surface area contributed by atoms with Crippen molar-refractivity contribution in [2.75, 3.05) is 11.5 Å². The second-order valence-electron chi connectivity index (χ2n) is 5.09. The zero-order chi connectivity index (χ0) is 15.4. The van der Waals surface area contributed by atoms with E-state index >= 15 is 0 Å². The van der Waals surface area contributed by atoms with E-state index in [0.717, 1.165) is 12.0 Å². The van der Waals surface area contributed by atoms with Crippen LogP contribution in [0.3, 0.4) is 0 Å². The van der Waals surface area contributed by atoms with E-state index in [0.29, 0.717) is 11.5 Å². The van der Waals surface area contributed by atoms with Crippen LogP contribution >= 0.6 is 0 Å². The standard InChI is InChI=1S/C17H17N5/c18-16-15(21-22-17(19)20-16)14(13-9-5-2-6-10-13)11-12-7-3-1-4-8-12/h1-10,14H,11H2,(H4,18,19,20,22). The molecule has 4 N–H and O–H groups in total. The highest BCUT2D eigenvalue weighted by Gasteiger charge is 2.20. The van der Waals surface area contributed by atoms with Gasteiger partial charge in [0.2, 0.25) is 5.95 Å². The molecule has 1 atom stereocenters. The maximum atomic E-state index is 6.02. The summed E-state index contributed by atoms with van der Waals surface area (Å²) < 4.78 is 0. The zero-order valence-corrected chi connectivity index (χ0v) is 12.1. The van der Waals surface area contributed by atoms with E-state index in [1.165, 1.54) is 5.56 Å². The number of hydrogen-bond donors (Lipinski definition) is 2. The number of benzene rings is 2. The van der Waals surface area contributed by atoms with E-state index < -0.39 is 0 Å². The Balaban J connectivity index is 2.03. The number of rotatable bonds is 4. The molecular weight excluding hydrogens is 274 g/mol. The summed E-state index contributed by atoms with van der Waals surface area (Å²) in [5.74, 6) is 0.411. The Kier molecular flexibility index (Phi) is 3.96. The van der Waals surface area contributed by atoms with Gasteiger partial charge in [-0.25, -0.2) is 0 Å². The van der Waals surface area contributed by atoms with Crippen LogP contribution in [0.2, 0.25) is 0 Å². The predicted molar refractivity (Wildman–Crippen MR) is 87.1 cm³/mol. The smallest absolute Gasteiger partial charge is 0.242 e. The highest BCUT2D eigenvalue weighted by molar-refractivity contribution is 5.44. The molecule has 3 rings (SSSR count). The highest BCUT2D eigenvalue weighted by Crippen LogP contribution is 2.29. The van der Waals surface area contributed by atoms with Crippen LogP contribution in [-0.2, 0) is 6.42 Å². The maximum absolute atomic E-state index is 6.02. The summed E-state index contributed by atoms with van der Waals surface area (Å²) >= 11 is 0. The first-order chi connectivity index (χ1) is 10.7. The highest BCUT2D eigenvalue weighted by atomic mass is 15.2. The van der Waals surface area contributed by atoms with Crippen molar-refractivity contribution in [1.29, 1.82) is 0 Å². The van der Waals surface area contributed by atoms with E-state index in [4.69, 9.17) is 11.5 Å². The maximum Gasteiger partial charge on any atom is 0.242 e. The van der Waals surface area contributed by atoms with Crippen molar-refractivity contribution in [1.82, 2.24) is 15.2 Å². The average molecular weight is 291 g/mol. The molecule has 0 aliphatic heterocycles. The minimum absolute atomic E-state index is 0.0100. The van der Waals surface area contributed by atoms with Crippen molar-refractivity contribution in [3.8, 4) is 0 Å². The van der Waals surface area contributed by atoms with Crippen LogP contribution < -0.4 is 11.5 Å². The zero-order valence-electron chi connectivity index (χ0n) is 12.1. The Morgan fingerprint density at radius 2 is 1.45 bits per heavy atom. The summed E-state index contributed by atoms with van der Waals surface area (Å²) in [7, 11) is 0. The Hall–Kier alpha value is -2.95. The van der Waals surface area contributed by atoms with Gasteiger partial charge in [0.1, 0.15) is 5.69 Å². The summed E-state index contributed by atoms with van der Waals surface area (Å²) in [6, 6.07) is 20.3. The molecule has 1 aromatic heterocycles. The van der Waals surface area contributed by atoms with Crippen molar-refractivity contribution < 1.29 is 0 Å². The molecule has 0 aliphatic carbocycles. The Labute approximate surface area is 129 Å². The molecule has 0 saturated carbocycles. The average Bonchev–Trinajstić information content (AvgIpc) is 2.55. The second kappa shape index (κ2) is 6.22. The molecule has 110 valence electrons. The first kappa shape index (κ1) is 14.0. The number of aromatic nitrogens is 3. The van der Waals surface area contributed by atoms with Crippen LogP contribution in [0.15, 0.2) is 60.7 Å². The molecule has 0 spiro atoms. The number of nitrogens with zero attached hydrogens (tertiary/aromatic N) is 3. The third kappa shape index (κ3) is 3.03. The van der Waals surface area contributed by atoms with Crippen LogP contribution in [0.25, 0.3) is 0 Å². The first-order valence-electron chi connectivity index (χ1n) is 7.08. The van der Waals surface area contributed by atoms with Gasteiger partial charge in [-0.2, -0.15) is 4.98 Å². The van der Waals surface area contributed by atoms with Crippen LogP contribution in [0, 0.1) is 0 Å². The van der Waals surface area contributed by atoms with Gasteiger partial charge in [0.05, 0.1) is 0 Å². The lowest BCUT2D eigenvalue weighted by molar-refractivity contribution is 0.744. The lowest BCUT2D eigenvalue weighted by Gasteiger charge is -2.18. The molecule has 5 nitrogen and oxygen atoms in total. The van der Waals surface area contributed by atoms with Crippen molar-refractivity contribution in [2.45, 2.75) is 12.3 Å². The summed E-state index contributed by atoms with van der Waals surface area (Å²) in [5, 5.41) is 8.05. The Morgan fingerprint density at radius 1 is 0.818 bits per heavy atom. The van der Waals surface area contributed by atoms with Gasteiger partial charge in [-0.15, -0.1) is 10.2 Å². The topological polar surface area (TPSA) is 90.7 Å². The van der Waals surface area contributed by atoms with Gasteiger partial charge in [0.25, 0.3) is 0 Å². The molecule has 0 fully saturated rings. The van der Waals surface area contributed by atoms with Gasteiger partial charge in [0.15, 0.2) is 5.82 Å². The van der Waals surface area contributed by atoms with Gasteiger partial charge in [-0.1, -0.05) is 60.7 Å². The van der Waals surface area contributed by atoms with Crippen LogP contribution in [-0.4, -0.2) is 15.2 Å². The molecule has 0 radical (unpaired) electrons. The van der Waals surface area contributed by atoms with E-state index in [9.17, 15) is 0 Å². The second-order valence-corrected chi connectivity index (χ2v) is 5.09. The van der Waals surface area contributed by atoms with Crippen LogP contribution in [0.4, 0.5) is 11.8 Å². The van der Waals surface area contributed by atoms with E-state index in [-0.39, 0.29) is 11.9 Å². The van der Waals surface area contributed by atoms with Crippen LogP contribution in [0.1, 0.15) is 22.7 Å². The fourth-order valence-electron chi connectivity index (χ4n) is 2.52. The molecule has 2 aromatic carbocycles. The molecule has 1 unspecified atom stereocenters. The van der Waals surface area contributed by atoms with Crippen molar-refractivity contribution >= 4 is 11.8 Å². The molecule has 1 heterocycles. The molecule has 22 heavy (non-hydrogen) atoms. The summed E-state index contributed by atoms with van der Waals surface area (Å²) in [4.78, 5) is 4.04. The van der Waals surface area contributed by atoms with Crippen molar-refractivity contribution in [3.63, 3.8) is 0 Å². The summed E-state index contributed by atoms with van der Waals surface area (Å²) in [5.41, 5.74) is 14.6. The molecule has 0 amide bonds. The van der Waals surface area contributed by atoms with Gasteiger partial charge in [-0.05, 0) is 17.5 Å². The third-order valence-electron chi connectivity index (χ3n) is 3.57. The lowest BCUT2D eigenvalue weighted by atomic mass is 9.89. The third-order valence-corrected chi connectivity index (χ3v) is 3.57. The van der Waals surface area contributed by atoms with Gasteiger partial charge in [0, 0.05) is 5.92 Å². The van der Waals surface area contributed by atoms with E-state index in [2.05, 4.69) is 39.4 Å².